The first-order valence-electron chi connectivity index (χ1n) is 6.27. The van der Waals surface area contributed by atoms with E-state index in [0.29, 0.717) is 11.5 Å². The fourth-order valence-electron chi connectivity index (χ4n) is 2.81. The molecular formula is C12H14KNO5S. The first-order chi connectivity index (χ1) is 9.02. The summed E-state index contributed by atoms with van der Waals surface area (Å²) in [6, 6.07) is 0. The van der Waals surface area contributed by atoms with Crippen molar-refractivity contribution < 1.29 is 75.9 Å². The van der Waals surface area contributed by atoms with Crippen LogP contribution in [0.2, 0.25) is 0 Å². The number of carbonyl (C=O) groups is 2. The Morgan fingerprint density at radius 3 is 2.80 bits per heavy atom. The molecule has 3 aliphatic rings. The minimum absolute atomic E-state index is 0. The average molecular weight is 323 g/mol. The van der Waals surface area contributed by atoms with Crippen LogP contribution in [-0.4, -0.2) is 46.1 Å². The Morgan fingerprint density at radius 1 is 1.60 bits per heavy atom. The second-order valence-corrected chi connectivity index (χ2v) is 6.14. The summed E-state index contributed by atoms with van der Waals surface area (Å²) in [5, 5.41) is 20.5. The van der Waals surface area contributed by atoms with Crippen LogP contribution in [-0.2, 0) is 14.3 Å². The Balaban J connectivity index is 0.00000147. The molecule has 0 radical (unpaired) electrons. The minimum atomic E-state index is -1.35. The molecule has 0 spiro atoms. The van der Waals surface area contributed by atoms with Crippen LogP contribution in [0.4, 0.5) is 0 Å². The summed E-state index contributed by atoms with van der Waals surface area (Å²) < 4.78 is 5.50. The van der Waals surface area contributed by atoms with Gasteiger partial charge in [0, 0.05) is 11.5 Å². The maximum atomic E-state index is 11.9. The first-order valence-corrected chi connectivity index (χ1v) is 7.15. The number of carbonyl (C=O) groups excluding carboxylic acids is 2. The molecule has 3 rings (SSSR count). The van der Waals surface area contributed by atoms with E-state index in [1.807, 2.05) is 0 Å². The number of hydrogen-bond acceptors (Lipinski definition) is 6. The molecule has 6 nitrogen and oxygen atoms in total. The van der Waals surface area contributed by atoms with Crippen molar-refractivity contribution in [3.8, 4) is 0 Å². The molecule has 2 saturated heterocycles. The van der Waals surface area contributed by atoms with Crippen molar-refractivity contribution in [2.24, 2.45) is 5.92 Å². The van der Waals surface area contributed by atoms with Gasteiger partial charge < -0.3 is 19.7 Å². The third kappa shape index (κ3) is 2.54. The van der Waals surface area contributed by atoms with Crippen molar-refractivity contribution in [3.63, 3.8) is 0 Å². The zero-order chi connectivity index (χ0) is 13.7. The van der Waals surface area contributed by atoms with Gasteiger partial charge in [-0.3, -0.25) is 9.69 Å². The van der Waals surface area contributed by atoms with E-state index < -0.39 is 18.0 Å². The summed E-state index contributed by atoms with van der Waals surface area (Å²) in [5.41, 5.74) is -0.0659. The molecule has 0 saturated carbocycles. The zero-order valence-electron chi connectivity index (χ0n) is 11.4. The van der Waals surface area contributed by atoms with Crippen LogP contribution >= 0.6 is 11.8 Å². The van der Waals surface area contributed by atoms with Crippen LogP contribution < -0.4 is 56.5 Å². The number of β-lactam (4-membered cyclic amide) rings is 1. The predicted octanol–water partition coefficient (Wildman–Crippen LogP) is -3.96. The Morgan fingerprint density at radius 2 is 2.30 bits per heavy atom. The molecule has 0 bridgehead atoms. The van der Waals surface area contributed by atoms with Gasteiger partial charge in [0.05, 0.1) is 29.8 Å². The molecule has 0 aromatic heterocycles. The van der Waals surface area contributed by atoms with Gasteiger partial charge in [0.1, 0.15) is 5.37 Å². The van der Waals surface area contributed by atoms with Crippen LogP contribution in [0.25, 0.3) is 0 Å². The van der Waals surface area contributed by atoms with Gasteiger partial charge in [-0.2, -0.15) is 0 Å². The van der Waals surface area contributed by atoms with Crippen LogP contribution in [0.3, 0.4) is 0 Å². The van der Waals surface area contributed by atoms with Crippen LogP contribution in [0.15, 0.2) is 10.6 Å². The van der Waals surface area contributed by atoms with Crippen LogP contribution in [0.5, 0.6) is 0 Å². The van der Waals surface area contributed by atoms with E-state index in [4.69, 9.17) is 4.74 Å². The van der Waals surface area contributed by atoms with Gasteiger partial charge >= 0.3 is 51.4 Å². The summed E-state index contributed by atoms with van der Waals surface area (Å²) in [4.78, 5) is 25.0. The monoisotopic (exact) mass is 323 g/mol. The summed E-state index contributed by atoms with van der Waals surface area (Å²) in [6.45, 7) is 2.15. The Kier molecular flexibility index (Phi) is 5.40. The largest absolute Gasteiger partial charge is 1.00 e. The molecule has 104 valence electrons. The second-order valence-electron chi connectivity index (χ2n) is 4.99. The predicted molar refractivity (Wildman–Crippen MR) is 64.4 cm³/mol. The van der Waals surface area contributed by atoms with E-state index in [1.165, 1.54) is 16.7 Å². The fourth-order valence-corrected chi connectivity index (χ4v) is 4.51. The number of carboxylic acid groups (broad SMARTS) is 1. The van der Waals surface area contributed by atoms with E-state index in [0.717, 1.165) is 12.8 Å². The Labute approximate surface area is 163 Å². The summed E-state index contributed by atoms with van der Waals surface area (Å²) in [7, 11) is 0. The normalized spacial score (nSPS) is 33.6. The van der Waals surface area contributed by atoms with E-state index in [-0.39, 0.29) is 74.5 Å². The molecule has 0 aromatic carbocycles. The number of aliphatic hydroxyl groups is 1. The third-order valence-corrected chi connectivity index (χ3v) is 5.20. The molecule has 2 fully saturated rings. The Hall–Kier alpha value is 0.586. The summed E-state index contributed by atoms with van der Waals surface area (Å²) >= 11 is 1.31. The molecule has 1 amide bonds. The van der Waals surface area contributed by atoms with E-state index in [9.17, 15) is 19.8 Å². The SMILES string of the molecule is C[C@@H](O)[C@H]1C(=O)N2C(C(=O)[O-])=C(C3CCCO3)S[C@H]12.[K+]. The molecule has 0 aliphatic carbocycles. The number of fused-ring (bicyclic) bond motifs is 1. The van der Waals surface area contributed by atoms with Crippen molar-refractivity contribution in [2.75, 3.05) is 6.61 Å². The molecule has 8 heteroatoms. The maximum absolute atomic E-state index is 11.9. The number of hydrogen-bond donors (Lipinski definition) is 1. The van der Waals surface area contributed by atoms with Crippen LogP contribution in [0, 0.1) is 5.92 Å². The number of aliphatic hydroxyl groups excluding tert-OH is 1. The van der Waals surface area contributed by atoms with E-state index in [1.54, 1.807) is 6.92 Å². The van der Waals surface area contributed by atoms with E-state index >= 15 is 0 Å². The van der Waals surface area contributed by atoms with Crippen molar-refractivity contribution >= 4 is 23.6 Å². The molecule has 1 unspecified atom stereocenters. The molecular weight excluding hydrogens is 309 g/mol. The summed E-state index contributed by atoms with van der Waals surface area (Å²) in [6.07, 6.45) is 0.597. The maximum Gasteiger partial charge on any atom is 1.00 e. The minimum Gasteiger partial charge on any atom is -0.543 e. The van der Waals surface area contributed by atoms with Crippen molar-refractivity contribution in [3.05, 3.63) is 10.6 Å². The number of ether oxygens (including phenoxy) is 1. The Bertz CT molecular complexity index is 474. The molecule has 3 heterocycles. The van der Waals surface area contributed by atoms with Crippen molar-refractivity contribution in [1.29, 1.82) is 0 Å². The van der Waals surface area contributed by atoms with Gasteiger partial charge in [0.2, 0.25) is 5.91 Å². The molecule has 3 aliphatic heterocycles. The van der Waals surface area contributed by atoms with Gasteiger partial charge in [-0.15, -0.1) is 0 Å². The number of thioether (sulfide) groups is 1. The number of amides is 1. The number of carboxylic acids is 1. The number of nitrogens with zero attached hydrogens (tertiary/aromatic N) is 1. The van der Waals surface area contributed by atoms with Crippen molar-refractivity contribution in [2.45, 2.75) is 37.3 Å². The smallest absolute Gasteiger partial charge is 0.543 e. The fraction of sp³-hybridized carbons (Fsp3) is 0.667. The molecule has 0 aromatic rings. The first kappa shape index (κ1) is 16.9. The van der Waals surface area contributed by atoms with Crippen molar-refractivity contribution in [1.82, 2.24) is 4.90 Å². The van der Waals surface area contributed by atoms with Gasteiger partial charge in [-0.05, 0) is 19.8 Å². The zero-order valence-corrected chi connectivity index (χ0v) is 15.3. The van der Waals surface area contributed by atoms with Gasteiger partial charge in [-0.25, -0.2) is 0 Å². The number of rotatable bonds is 3. The van der Waals surface area contributed by atoms with Gasteiger partial charge in [-0.1, -0.05) is 11.8 Å². The number of aliphatic carboxylic acids is 1. The van der Waals surface area contributed by atoms with Crippen LogP contribution in [0.1, 0.15) is 19.8 Å². The average Bonchev–Trinajstić information content (AvgIpc) is 2.92. The quantitative estimate of drug-likeness (QED) is 0.421. The molecule has 1 N–H and O–H groups in total. The topological polar surface area (TPSA) is 89.9 Å². The molecule has 4 atom stereocenters. The summed E-state index contributed by atoms with van der Waals surface area (Å²) in [5.74, 6) is -2.24. The second kappa shape index (κ2) is 6.37. The van der Waals surface area contributed by atoms with Gasteiger partial charge in [0.15, 0.2) is 0 Å². The third-order valence-electron chi connectivity index (χ3n) is 3.74. The standard InChI is InChI=1S/C12H15NO5S.K/c1-5(14)7-10(15)13-8(12(16)17)9(19-11(7)13)6-3-2-4-18-6;/h5-7,11,14H,2-4H2,1H3,(H,16,17);/q;+1/p-1/t5-,6?,7+,11-;/m1./s1. The van der Waals surface area contributed by atoms with E-state index in [2.05, 4.69) is 0 Å². The molecule has 20 heavy (non-hydrogen) atoms. The van der Waals surface area contributed by atoms with Gasteiger partial charge in [0.25, 0.3) is 0 Å².